The van der Waals surface area contributed by atoms with Gasteiger partial charge in [-0.3, -0.25) is 0 Å². The van der Waals surface area contributed by atoms with E-state index in [1.807, 2.05) is 0 Å². The summed E-state index contributed by atoms with van der Waals surface area (Å²) in [5.41, 5.74) is 0. The van der Waals surface area contributed by atoms with Gasteiger partial charge in [0.25, 0.3) is 0 Å². The largest absolute Gasteiger partial charge is 4.00 e. The maximum atomic E-state index is 2.31. The zero-order valence-electron chi connectivity index (χ0n) is 13.7. The van der Waals surface area contributed by atoms with Gasteiger partial charge in [0.2, 0.25) is 0 Å². The molecule has 4 rings (SSSR count). The second kappa shape index (κ2) is 10.5. The van der Waals surface area contributed by atoms with Gasteiger partial charge in [-0.15, -0.1) is 77.9 Å². The van der Waals surface area contributed by atoms with Gasteiger partial charge in [-0.25, -0.2) is 0 Å². The van der Waals surface area contributed by atoms with E-state index in [-0.39, 0.29) is 39.0 Å². The molecule has 0 aliphatic heterocycles. The van der Waals surface area contributed by atoms with Gasteiger partial charge in [0.15, 0.2) is 0 Å². The maximum absolute atomic E-state index is 2.31. The van der Waals surface area contributed by atoms with Crippen LogP contribution in [0.25, 0.3) is 21.5 Å². The third kappa shape index (κ3) is 5.35. The van der Waals surface area contributed by atoms with E-state index in [2.05, 4.69) is 92.2 Å². The third-order valence-electron chi connectivity index (χ3n) is 3.67. The average Bonchev–Trinajstić information content (AvgIpc) is 3.14. The first-order valence-corrected chi connectivity index (χ1v) is 9.41. The van der Waals surface area contributed by atoms with E-state index in [1.165, 1.54) is 26.8 Å². The molecule has 0 bridgehead atoms. The number of benzene rings is 2. The van der Waals surface area contributed by atoms with Crippen LogP contribution in [0.4, 0.5) is 0 Å². The molecule has 0 nitrogen and oxygen atoms in total. The monoisotopic (exact) mass is 376 g/mol. The summed E-state index contributed by atoms with van der Waals surface area (Å²) < 4.78 is 0. The van der Waals surface area contributed by atoms with Crippen molar-refractivity contribution in [3.05, 3.63) is 78.9 Å². The van der Waals surface area contributed by atoms with E-state index in [0.29, 0.717) is 0 Å². The van der Waals surface area contributed by atoms with Crippen LogP contribution in [0, 0.1) is 0 Å². The van der Waals surface area contributed by atoms with Crippen molar-refractivity contribution < 1.29 is 31.1 Å². The minimum Gasteiger partial charge on any atom is -1.00 e. The van der Waals surface area contributed by atoms with Crippen LogP contribution in [0.2, 0.25) is 0 Å². The van der Waals surface area contributed by atoms with Crippen LogP contribution in [-0.4, -0.2) is 13.3 Å². The average molecular weight is 376 g/mol. The van der Waals surface area contributed by atoms with E-state index in [4.69, 9.17) is 0 Å². The summed E-state index contributed by atoms with van der Waals surface area (Å²) in [5, 5.41) is 6.92. The van der Waals surface area contributed by atoms with Gasteiger partial charge >= 0.3 is 21.7 Å². The van der Waals surface area contributed by atoms with Gasteiger partial charge in [-0.1, -0.05) is 12.1 Å². The summed E-state index contributed by atoms with van der Waals surface area (Å²) in [7, 11) is 0.0576. The van der Waals surface area contributed by atoms with E-state index < -0.39 is 0 Å². The standard InChI is InChI=1S/C11H12P.C9H7.2FH.Ti/c1-12(2)11-7-9-5-3-4-6-10(9)8-11;1-2-5-9-7-3-6-8(9)4-1;;;/h3-8H,1-2H3;1-7H;2*1H;/q2*-1;;;+4/p-2. The molecule has 122 valence electrons. The Morgan fingerprint density at radius 3 is 1.92 bits per heavy atom. The Labute approximate surface area is 158 Å². The second-order valence-corrected chi connectivity index (χ2v) is 7.70. The number of halogens is 2. The molecule has 0 saturated heterocycles. The first-order chi connectivity index (χ1) is 10.2. The van der Waals surface area contributed by atoms with Gasteiger partial charge in [-0.05, 0) is 13.3 Å². The van der Waals surface area contributed by atoms with Gasteiger partial charge in [-0.2, -0.15) is 23.6 Å². The summed E-state index contributed by atoms with van der Waals surface area (Å²) in [6.07, 6.45) is 0. The third-order valence-corrected chi connectivity index (χ3v) is 4.96. The van der Waals surface area contributed by atoms with Gasteiger partial charge in [0.1, 0.15) is 0 Å². The molecule has 4 aromatic rings. The first-order valence-electron chi connectivity index (χ1n) is 7.17. The fourth-order valence-electron chi connectivity index (χ4n) is 2.46. The van der Waals surface area contributed by atoms with Crippen LogP contribution in [0.1, 0.15) is 0 Å². The Hall–Kier alpha value is -1.34. The van der Waals surface area contributed by atoms with Gasteiger partial charge in [0, 0.05) is 0 Å². The summed E-state index contributed by atoms with van der Waals surface area (Å²) in [6.45, 7) is 4.59. The molecule has 0 aromatic heterocycles. The minimum absolute atomic E-state index is 0. The van der Waals surface area contributed by atoms with E-state index in [0.717, 1.165) is 0 Å². The van der Waals surface area contributed by atoms with Crippen molar-refractivity contribution >= 4 is 34.8 Å². The van der Waals surface area contributed by atoms with Crippen molar-refractivity contribution in [2.24, 2.45) is 0 Å². The van der Waals surface area contributed by atoms with Crippen LogP contribution in [-0.2, 0) is 21.7 Å². The molecule has 4 aromatic carbocycles. The van der Waals surface area contributed by atoms with Crippen molar-refractivity contribution in [2.45, 2.75) is 0 Å². The van der Waals surface area contributed by atoms with Crippen molar-refractivity contribution in [3.8, 4) is 0 Å². The molecule has 0 aliphatic rings. The fraction of sp³-hybridized carbons (Fsp3) is 0.100. The number of rotatable bonds is 1. The summed E-state index contributed by atoms with van der Waals surface area (Å²) in [4.78, 5) is 0. The molecule has 0 spiro atoms. The van der Waals surface area contributed by atoms with Crippen molar-refractivity contribution in [1.29, 1.82) is 0 Å². The first kappa shape index (κ1) is 22.7. The molecule has 0 N–H and O–H groups in total. The van der Waals surface area contributed by atoms with Crippen LogP contribution in [0.3, 0.4) is 0 Å². The Morgan fingerprint density at radius 2 is 1.33 bits per heavy atom. The van der Waals surface area contributed by atoms with E-state index in [9.17, 15) is 0 Å². The molecular formula is C20H19F2PTi. The molecule has 0 radical (unpaired) electrons. The maximum Gasteiger partial charge on any atom is 4.00 e. The summed E-state index contributed by atoms with van der Waals surface area (Å²) >= 11 is 0. The molecule has 0 heterocycles. The van der Waals surface area contributed by atoms with E-state index in [1.54, 1.807) is 0 Å². The predicted molar refractivity (Wildman–Crippen MR) is 97.5 cm³/mol. The van der Waals surface area contributed by atoms with Gasteiger partial charge < -0.3 is 9.41 Å². The SMILES string of the molecule is CP(C)c1cc2ccccc2[cH-]1.[F-].[F-].[Ti+4].c1ccc2[cH-]ccc2c1. The normalized spacial score (nSPS) is 9.46. The molecule has 0 unspecified atom stereocenters. The van der Waals surface area contributed by atoms with Crippen molar-refractivity contribution in [1.82, 2.24) is 0 Å². The molecular weight excluding hydrogens is 357 g/mol. The summed E-state index contributed by atoms with van der Waals surface area (Å²) in [5.74, 6) is 0. The predicted octanol–water partition coefficient (Wildman–Crippen LogP) is -0.510. The zero-order chi connectivity index (χ0) is 14.7. The van der Waals surface area contributed by atoms with Crippen molar-refractivity contribution in [3.63, 3.8) is 0 Å². The van der Waals surface area contributed by atoms with Crippen LogP contribution >= 0.6 is 7.92 Å². The van der Waals surface area contributed by atoms with Crippen LogP contribution in [0.5, 0.6) is 0 Å². The Balaban J connectivity index is 0.000000402. The Bertz CT molecular complexity index is 785. The van der Waals surface area contributed by atoms with Gasteiger partial charge in [0.05, 0.1) is 0 Å². The molecule has 0 aliphatic carbocycles. The Kier molecular flexibility index (Phi) is 9.93. The molecule has 0 amide bonds. The zero-order valence-corrected chi connectivity index (χ0v) is 16.2. The minimum atomic E-state index is 0. The van der Waals surface area contributed by atoms with Crippen LogP contribution in [0.15, 0.2) is 78.9 Å². The number of hydrogen-bond acceptors (Lipinski definition) is 0. The van der Waals surface area contributed by atoms with Crippen LogP contribution < -0.4 is 14.7 Å². The quantitative estimate of drug-likeness (QED) is 0.239. The smallest absolute Gasteiger partial charge is 1.00 e. The fourth-order valence-corrected chi connectivity index (χ4v) is 3.26. The number of hydrogen-bond donors (Lipinski definition) is 0. The molecule has 0 fully saturated rings. The topological polar surface area (TPSA) is 0 Å². The summed E-state index contributed by atoms with van der Waals surface area (Å²) in [6, 6.07) is 27.8. The molecule has 0 saturated carbocycles. The molecule has 0 atom stereocenters. The second-order valence-electron chi connectivity index (χ2n) is 5.39. The Morgan fingerprint density at radius 1 is 0.750 bits per heavy atom. The molecule has 4 heteroatoms. The van der Waals surface area contributed by atoms with Crippen molar-refractivity contribution in [2.75, 3.05) is 13.3 Å². The van der Waals surface area contributed by atoms with E-state index >= 15 is 0 Å². The molecule has 24 heavy (non-hydrogen) atoms. The number of fused-ring (bicyclic) bond motifs is 2.